The highest BCUT2D eigenvalue weighted by Crippen LogP contribution is 2.15. The van der Waals surface area contributed by atoms with E-state index in [1.807, 2.05) is 6.92 Å². The fourth-order valence-corrected chi connectivity index (χ4v) is 1.66. The third-order valence-electron chi connectivity index (χ3n) is 2.71. The minimum absolute atomic E-state index is 0.0943. The van der Waals surface area contributed by atoms with Crippen LogP contribution in [0.2, 0.25) is 0 Å². The zero-order chi connectivity index (χ0) is 16.4. The molecule has 1 aromatic rings. The summed E-state index contributed by atoms with van der Waals surface area (Å²) in [5, 5.41) is 22.3. The summed E-state index contributed by atoms with van der Waals surface area (Å²) < 4.78 is 5.14. The second kappa shape index (κ2) is 9.26. The number of benzene rings is 1. The van der Waals surface area contributed by atoms with Gasteiger partial charge in [0.2, 0.25) is 0 Å². The normalized spacial score (nSPS) is 10.8. The van der Waals surface area contributed by atoms with E-state index in [1.54, 1.807) is 12.1 Å². The summed E-state index contributed by atoms with van der Waals surface area (Å²) in [6.45, 7) is 3.43. The van der Waals surface area contributed by atoms with Gasteiger partial charge >= 0.3 is 0 Å². The number of amides is 1. The van der Waals surface area contributed by atoms with Crippen LogP contribution in [0.1, 0.15) is 18.9 Å². The van der Waals surface area contributed by atoms with Crippen LogP contribution < -0.4 is 5.32 Å². The second-order valence-electron chi connectivity index (χ2n) is 4.33. The third kappa shape index (κ3) is 5.73. The molecule has 0 aromatic heterocycles. The van der Waals surface area contributed by atoms with Gasteiger partial charge in [-0.15, -0.1) is 0 Å². The molecule has 1 aromatic carbocycles. The first kappa shape index (κ1) is 17.3. The number of ether oxygens (including phenoxy) is 1. The minimum atomic E-state index is -0.531. The van der Waals surface area contributed by atoms with E-state index in [9.17, 15) is 14.9 Å². The lowest BCUT2D eigenvalue weighted by Gasteiger charge is -2.04. The highest BCUT2D eigenvalue weighted by atomic mass is 16.6. The number of nitrogens with one attached hydrogen (secondary N) is 1. The smallest absolute Gasteiger partial charge is 0.270 e. The maximum absolute atomic E-state index is 11.9. The van der Waals surface area contributed by atoms with Crippen molar-refractivity contribution in [2.75, 3.05) is 19.8 Å². The van der Waals surface area contributed by atoms with Gasteiger partial charge in [-0.2, -0.15) is 5.26 Å². The molecule has 0 aliphatic rings. The Morgan fingerprint density at radius 3 is 2.95 bits per heavy atom. The maximum Gasteiger partial charge on any atom is 0.270 e. The predicted molar refractivity (Wildman–Crippen MR) is 80.8 cm³/mol. The van der Waals surface area contributed by atoms with E-state index in [2.05, 4.69) is 5.32 Å². The minimum Gasteiger partial charge on any atom is -0.382 e. The molecule has 0 fully saturated rings. The van der Waals surface area contributed by atoms with Crippen molar-refractivity contribution in [2.24, 2.45) is 0 Å². The number of non-ortho nitro benzene ring substituents is 1. The monoisotopic (exact) mass is 303 g/mol. The van der Waals surface area contributed by atoms with Crippen LogP contribution >= 0.6 is 0 Å². The van der Waals surface area contributed by atoms with E-state index in [0.29, 0.717) is 31.7 Å². The first-order valence-electron chi connectivity index (χ1n) is 6.80. The summed E-state index contributed by atoms with van der Waals surface area (Å²) in [5.41, 5.74) is 0.232. The van der Waals surface area contributed by atoms with Crippen molar-refractivity contribution in [1.82, 2.24) is 5.32 Å². The topological polar surface area (TPSA) is 105 Å². The van der Waals surface area contributed by atoms with Crippen LogP contribution in [0.25, 0.3) is 6.08 Å². The van der Waals surface area contributed by atoms with Crippen LogP contribution in [0.3, 0.4) is 0 Å². The number of hydrogen-bond donors (Lipinski definition) is 1. The molecule has 0 atom stereocenters. The van der Waals surface area contributed by atoms with Crippen LogP contribution in [-0.4, -0.2) is 30.6 Å². The van der Waals surface area contributed by atoms with Gasteiger partial charge in [0.05, 0.1) is 4.92 Å². The van der Waals surface area contributed by atoms with Gasteiger partial charge in [-0.25, -0.2) is 0 Å². The quantitative estimate of drug-likeness (QED) is 0.260. The Kier molecular flexibility index (Phi) is 7.29. The molecule has 0 aliphatic carbocycles. The molecule has 0 unspecified atom stereocenters. The molecule has 0 heterocycles. The summed E-state index contributed by atoms with van der Waals surface area (Å²) in [7, 11) is 0. The first-order chi connectivity index (χ1) is 10.6. The summed E-state index contributed by atoms with van der Waals surface area (Å²) in [6.07, 6.45) is 1.97. The molecule has 7 nitrogen and oxygen atoms in total. The summed E-state index contributed by atoms with van der Waals surface area (Å²) in [6, 6.07) is 7.54. The van der Waals surface area contributed by atoms with Gasteiger partial charge in [0, 0.05) is 31.9 Å². The maximum atomic E-state index is 11.9. The van der Waals surface area contributed by atoms with Gasteiger partial charge in [0.25, 0.3) is 11.6 Å². The third-order valence-corrected chi connectivity index (χ3v) is 2.71. The molecule has 0 saturated heterocycles. The highest BCUT2D eigenvalue weighted by Gasteiger charge is 2.10. The van der Waals surface area contributed by atoms with Crippen molar-refractivity contribution < 1.29 is 14.5 Å². The molecule has 1 amide bonds. The fourth-order valence-electron chi connectivity index (χ4n) is 1.66. The van der Waals surface area contributed by atoms with Gasteiger partial charge in [-0.3, -0.25) is 14.9 Å². The molecule has 0 bridgehead atoms. The van der Waals surface area contributed by atoms with Gasteiger partial charge in [0.1, 0.15) is 11.6 Å². The molecule has 0 spiro atoms. The molecule has 22 heavy (non-hydrogen) atoms. The van der Waals surface area contributed by atoms with Crippen molar-refractivity contribution >= 4 is 17.7 Å². The Bertz CT molecular complexity index is 605. The van der Waals surface area contributed by atoms with Crippen LogP contribution in [0.5, 0.6) is 0 Å². The second-order valence-corrected chi connectivity index (χ2v) is 4.33. The van der Waals surface area contributed by atoms with Crippen molar-refractivity contribution in [2.45, 2.75) is 13.3 Å². The molecule has 0 saturated carbocycles. The molecule has 0 radical (unpaired) electrons. The standard InChI is InChI=1S/C15H17N3O4/c1-2-22-8-4-7-17-15(19)13(11-16)9-12-5-3-6-14(10-12)18(20)21/h3,5-6,9-10H,2,4,7-8H2,1H3,(H,17,19)/b13-9+. The molecule has 0 aliphatic heterocycles. The largest absolute Gasteiger partial charge is 0.382 e. The number of nitro groups is 1. The lowest BCUT2D eigenvalue weighted by Crippen LogP contribution is -2.26. The summed E-state index contributed by atoms with van der Waals surface area (Å²) in [4.78, 5) is 22.0. The van der Waals surface area contributed by atoms with Gasteiger partial charge in [-0.05, 0) is 25.0 Å². The fraction of sp³-hybridized carbons (Fsp3) is 0.333. The van der Waals surface area contributed by atoms with E-state index in [4.69, 9.17) is 10.00 Å². The van der Waals surface area contributed by atoms with Crippen LogP contribution in [-0.2, 0) is 9.53 Å². The first-order valence-corrected chi connectivity index (χ1v) is 6.80. The number of carbonyl (C=O) groups excluding carboxylic acids is 1. The number of hydrogen-bond acceptors (Lipinski definition) is 5. The van der Waals surface area contributed by atoms with E-state index in [0.717, 1.165) is 0 Å². The Hall–Kier alpha value is -2.72. The zero-order valence-corrected chi connectivity index (χ0v) is 12.2. The van der Waals surface area contributed by atoms with Crippen molar-refractivity contribution in [1.29, 1.82) is 5.26 Å². The molecule has 116 valence electrons. The van der Waals surface area contributed by atoms with Crippen LogP contribution in [0, 0.1) is 21.4 Å². The lowest BCUT2D eigenvalue weighted by molar-refractivity contribution is -0.384. The van der Waals surface area contributed by atoms with Crippen molar-refractivity contribution in [3.63, 3.8) is 0 Å². The molecule has 1 N–H and O–H groups in total. The molecular formula is C15H17N3O4. The Morgan fingerprint density at radius 1 is 1.55 bits per heavy atom. The summed E-state index contributed by atoms with van der Waals surface area (Å²) in [5.74, 6) is -0.509. The molecule has 7 heteroatoms. The average molecular weight is 303 g/mol. The van der Waals surface area contributed by atoms with Gasteiger partial charge in [0.15, 0.2) is 0 Å². The van der Waals surface area contributed by atoms with E-state index >= 15 is 0 Å². The lowest BCUT2D eigenvalue weighted by atomic mass is 10.1. The van der Waals surface area contributed by atoms with Gasteiger partial charge in [-0.1, -0.05) is 12.1 Å². The van der Waals surface area contributed by atoms with Crippen LogP contribution in [0.4, 0.5) is 5.69 Å². The number of carbonyl (C=O) groups is 1. The Balaban J connectivity index is 2.70. The summed E-state index contributed by atoms with van der Waals surface area (Å²) >= 11 is 0. The highest BCUT2D eigenvalue weighted by molar-refractivity contribution is 6.01. The number of nitriles is 1. The van der Waals surface area contributed by atoms with Gasteiger partial charge < -0.3 is 10.1 Å². The number of nitro benzene ring substituents is 1. The average Bonchev–Trinajstić information content (AvgIpc) is 2.52. The zero-order valence-electron chi connectivity index (χ0n) is 12.2. The Labute approximate surface area is 128 Å². The SMILES string of the molecule is CCOCCCNC(=O)/C(C#N)=C/c1cccc([N+](=O)[O-])c1. The Morgan fingerprint density at radius 2 is 2.32 bits per heavy atom. The predicted octanol–water partition coefficient (Wildman–Crippen LogP) is 2.04. The molecular weight excluding hydrogens is 286 g/mol. The van der Waals surface area contributed by atoms with E-state index in [-0.39, 0.29) is 11.3 Å². The number of nitrogens with zero attached hydrogens (tertiary/aromatic N) is 2. The van der Waals surface area contributed by atoms with E-state index in [1.165, 1.54) is 24.3 Å². The molecule has 1 rings (SSSR count). The van der Waals surface area contributed by atoms with Crippen molar-refractivity contribution in [3.05, 3.63) is 45.5 Å². The van der Waals surface area contributed by atoms with E-state index < -0.39 is 10.8 Å². The van der Waals surface area contributed by atoms with Crippen molar-refractivity contribution in [3.8, 4) is 6.07 Å². The van der Waals surface area contributed by atoms with Crippen LogP contribution in [0.15, 0.2) is 29.8 Å². The number of rotatable bonds is 8.